The summed E-state index contributed by atoms with van der Waals surface area (Å²) in [5.41, 5.74) is 4.53. The highest BCUT2D eigenvalue weighted by molar-refractivity contribution is 7.87. The number of allylic oxidation sites excluding steroid dienone is 2. The van der Waals surface area contributed by atoms with Gasteiger partial charge in [-0.05, 0) is 83.6 Å². The summed E-state index contributed by atoms with van der Waals surface area (Å²) in [5.74, 6) is 1.23. The highest BCUT2D eigenvalue weighted by atomic mass is 32.2. The molecule has 0 heterocycles. The Balaban J connectivity index is 1.32. The van der Waals surface area contributed by atoms with E-state index in [1.807, 2.05) is 48.5 Å². The minimum Gasteiger partial charge on any atom is -0.491 e. The number of hydrogen-bond donors (Lipinski definition) is 0. The van der Waals surface area contributed by atoms with E-state index in [4.69, 9.17) is 17.8 Å². The van der Waals surface area contributed by atoms with Gasteiger partial charge in [0.05, 0.1) is 9.79 Å². The quantitative estimate of drug-likeness (QED) is 0.0737. The molecule has 0 unspecified atom stereocenters. The summed E-state index contributed by atoms with van der Waals surface area (Å²) in [6.07, 6.45) is 1.64. The number of rotatable bonds is 16. The zero-order valence-corrected chi connectivity index (χ0v) is 26.4. The minimum absolute atomic E-state index is 0.0888. The van der Waals surface area contributed by atoms with Crippen molar-refractivity contribution >= 4 is 31.4 Å². The lowest BCUT2D eigenvalue weighted by molar-refractivity contribution is 0.221. The van der Waals surface area contributed by atoms with Crippen molar-refractivity contribution in [1.82, 2.24) is 0 Å². The van der Waals surface area contributed by atoms with E-state index in [0.717, 1.165) is 24.0 Å². The lowest BCUT2D eigenvalue weighted by atomic mass is 9.91. The maximum Gasteiger partial charge on any atom is 0.297 e. The van der Waals surface area contributed by atoms with E-state index >= 15 is 0 Å². The smallest absolute Gasteiger partial charge is 0.297 e. The molecule has 4 aromatic carbocycles. The molecule has 0 amide bonds. The molecule has 232 valence electrons. The predicted octanol–water partition coefficient (Wildman–Crippen LogP) is 6.99. The number of benzene rings is 4. The van der Waals surface area contributed by atoms with Crippen LogP contribution in [0, 0.1) is 0 Å². The second kappa shape index (κ2) is 15.7. The molecule has 4 aromatic rings. The molecule has 0 bridgehead atoms. The highest BCUT2D eigenvalue weighted by Gasteiger charge is 2.15. The molecule has 0 aliphatic rings. The summed E-state index contributed by atoms with van der Waals surface area (Å²) < 4.78 is 70.6. The van der Waals surface area contributed by atoms with Crippen LogP contribution in [0.5, 0.6) is 11.5 Å². The first-order valence-electron chi connectivity index (χ1n) is 14.3. The molecule has 10 heteroatoms. The van der Waals surface area contributed by atoms with Crippen molar-refractivity contribution in [3.8, 4) is 11.5 Å². The molecule has 0 radical (unpaired) electrons. The summed E-state index contributed by atoms with van der Waals surface area (Å²) in [6, 6.07) is 31.4. The molecule has 0 atom stereocenters. The largest absolute Gasteiger partial charge is 0.491 e. The molecule has 0 spiro atoms. The number of hydrogen-bond acceptors (Lipinski definition) is 8. The van der Waals surface area contributed by atoms with Crippen LogP contribution in [0.4, 0.5) is 0 Å². The van der Waals surface area contributed by atoms with Crippen LogP contribution >= 0.6 is 0 Å². The van der Waals surface area contributed by atoms with Crippen molar-refractivity contribution in [2.45, 2.75) is 36.5 Å². The monoisotopic (exact) mass is 636 g/mol. The molecule has 0 fully saturated rings. The average Bonchev–Trinajstić information content (AvgIpc) is 3.05. The van der Waals surface area contributed by atoms with Crippen LogP contribution in [0.3, 0.4) is 0 Å². The standard InChI is InChI=1S/C34H36O8S2/c1-3-33(27-15-19-29(20-16-27)39-23-25-41-43(35,36)31-11-7-5-8-12-31)34(4-2)28-17-21-30(22-18-28)40-24-26-42-44(37,38)32-13-9-6-10-14-32/h5-22H,3-4,23-26H2,1-2H3/b34-33-. The van der Waals surface area contributed by atoms with Crippen molar-refractivity contribution < 1.29 is 34.7 Å². The average molecular weight is 637 g/mol. The molecular formula is C34H36O8S2. The van der Waals surface area contributed by atoms with Crippen molar-refractivity contribution in [2.75, 3.05) is 26.4 Å². The SMILES string of the molecule is CC/C(=C(\CC)c1ccc(OCCOS(=O)(=O)c2ccccc2)cc1)c1ccc(OCCOS(=O)(=O)c2ccccc2)cc1. The van der Waals surface area contributed by atoms with E-state index in [0.29, 0.717) is 11.5 Å². The molecular weight excluding hydrogens is 601 g/mol. The third-order valence-corrected chi connectivity index (χ3v) is 9.37. The first-order valence-corrected chi connectivity index (χ1v) is 17.1. The van der Waals surface area contributed by atoms with E-state index < -0.39 is 20.2 Å². The van der Waals surface area contributed by atoms with Crippen LogP contribution < -0.4 is 9.47 Å². The van der Waals surface area contributed by atoms with E-state index in [1.54, 1.807) is 36.4 Å². The zero-order valence-electron chi connectivity index (χ0n) is 24.7. The molecule has 0 saturated carbocycles. The molecule has 8 nitrogen and oxygen atoms in total. The second-order valence-corrected chi connectivity index (χ2v) is 12.8. The van der Waals surface area contributed by atoms with Gasteiger partial charge in [0.2, 0.25) is 0 Å². The van der Waals surface area contributed by atoms with Gasteiger partial charge in [0.25, 0.3) is 20.2 Å². The van der Waals surface area contributed by atoms with E-state index in [1.165, 1.54) is 35.4 Å². The fourth-order valence-electron chi connectivity index (χ4n) is 4.61. The fraction of sp³-hybridized carbons (Fsp3) is 0.235. The summed E-state index contributed by atoms with van der Waals surface area (Å²) in [5, 5.41) is 0. The van der Waals surface area contributed by atoms with Gasteiger partial charge in [-0.25, -0.2) is 0 Å². The molecule has 0 aromatic heterocycles. The molecule has 4 rings (SSSR count). The summed E-state index contributed by atoms with van der Waals surface area (Å²) in [6.45, 7) is 4.20. The van der Waals surface area contributed by atoms with Gasteiger partial charge in [0, 0.05) is 0 Å². The Morgan fingerprint density at radius 1 is 0.477 bits per heavy atom. The van der Waals surface area contributed by atoms with Gasteiger partial charge in [-0.15, -0.1) is 0 Å². The third-order valence-electron chi connectivity index (χ3n) is 6.72. The van der Waals surface area contributed by atoms with Gasteiger partial charge in [-0.1, -0.05) is 74.5 Å². The van der Waals surface area contributed by atoms with Crippen LogP contribution in [0.1, 0.15) is 37.8 Å². The van der Waals surface area contributed by atoms with Crippen LogP contribution in [0.2, 0.25) is 0 Å². The highest BCUT2D eigenvalue weighted by Crippen LogP contribution is 2.33. The van der Waals surface area contributed by atoms with Gasteiger partial charge < -0.3 is 9.47 Å². The Bertz CT molecular complexity index is 1590. The topological polar surface area (TPSA) is 105 Å². The predicted molar refractivity (Wildman–Crippen MR) is 170 cm³/mol. The van der Waals surface area contributed by atoms with Crippen LogP contribution in [-0.2, 0) is 28.6 Å². The normalized spacial score (nSPS) is 12.4. The Morgan fingerprint density at radius 2 is 0.818 bits per heavy atom. The minimum atomic E-state index is -3.82. The van der Waals surface area contributed by atoms with Crippen LogP contribution in [-0.4, -0.2) is 43.3 Å². The lowest BCUT2D eigenvalue weighted by Crippen LogP contribution is -2.13. The van der Waals surface area contributed by atoms with E-state index in [2.05, 4.69) is 13.8 Å². The summed E-state index contributed by atoms with van der Waals surface area (Å²) >= 11 is 0. The van der Waals surface area contributed by atoms with Gasteiger partial charge in [-0.3, -0.25) is 8.37 Å². The maximum atomic E-state index is 12.2. The van der Waals surface area contributed by atoms with Crippen molar-refractivity contribution in [2.24, 2.45) is 0 Å². The number of ether oxygens (including phenoxy) is 2. The van der Waals surface area contributed by atoms with Gasteiger partial charge in [0.1, 0.15) is 37.9 Å². The fourth-order valence-corrected chi connectivity index (χ4v) is 6.43. The van der Waals surface area contributed by atoms with Crippen LogP contribution in [0.15, 0.2) is 119 Å². The second-order valence-electron chi connectivity index (χ2n) is 9.59. The summed E-state index contributed by atoms with van der Waals surface area (Å²) in [7, 11) is -7.64. The van der Waals surface area contributed by atoms with E-state index in [9.17, 15) is 16.8 Å². The van der Waals surface area contributed by atoms with Crippen molar-refractivity contribution in [3.05, 3.63) is 120 Å². The Kier molecular flexibility index (Phi) is 11.7. The molecule has 0 aliphatic carbocycles. The molecule has 0 saturated heterocycles. The van der Waals surface area contributed by atoms with E-state index in [-0.39, 0.29) is 36.2 Å². The maximum absolute atomic E-state index is 12.2. The van der Waals surface area contributed by atoms with Crippen molar-refractivity contribution in [1.29, 1.82) is 0 Å². The molecule has 44 heavy (non-hydrogen) atoms. The third kappa shape index (κ3) is 9.03. The Hall–Kier alpha value is -3.96. The first kappa shape index (κ1) is 32.9. The van der Waals surface area contributed by atoms with Crippen molar-refractivity contribution in [3.63, 3.8) is 0 Å². The van der Waals surface area contributed by atoms with Gasteiger partial charge in [-0.2, -0.15) is 16.8 Å². The first-order chi connectivity index (χ1) is 21.2. The van der Waals surface area contributed by atoms with Gasteiger partial charge >= 0.3 is 0 Å². The lowest BCUT2D eigenvalue weighted by Gasteiger charge is -2.15. The molecule has 0 aliphatic heterocycles. The van der Waals surface area contributed by atoms with Crippen LogP contribution in [0.25, 0.3) is 11.1 Å². The van der Waals surface area contributed by atoms with Gasteiger partial charge in [0.15, 0.2) is 0 Å². The zero-order chi connectivity index (χ0) is 31.4. The Labute approximate surface area is 260 Å². The summed E-state index contributed by atoms with van der Waals surface area (Å²) in [4.78, 5) is 0.220. The Morgan fingerprint density at radius 3 is 1.14 bits per heavy atom. The molecule has 0 N–H and O–H groups in total.